The molecule has 0 saturated heterocycles. The fraction of sp³-hybridized carbons (Fsp3) is 0.400. The molecule has 1 spiro atoms. The van der Waals surface area contributed by atoms with Gasteiger partial charge in [-0.05, 0) is 74.0 Å². The molecule has 2 amide bonds. The quantitative estimate of drug-likeness (QED) is 0.321. The molecule has 1 fully saturated rings. The predicted molar refractivity (Wildman–Crippen MR) is 142 cm³/mol. The van der Waals surface area contributed by atoms with Gasteiger partial charge in [-0.3, -0.25) is 14.9 Å². The van der Waals surface area contributed by atoms with Crippen molar-refractivity contribution >= 4 is 45.6 Å². The van der Waals surface area contributed by atoms with Gasteiger partial charge in [0.05, 0.1) is 25.3 Å². The number of carbonyl (C=O) groups excluding carboxylic acids is 2. The van der Waals surface area contributed by atoms with Crippen molar-refractivity contribution in [2.75, 3.05) is 51.6 Å². The van der Waals surface area contributed by atoms with Gasteiger partial charge < -0.3 is 19.3 Å². The number of benzene rings is 1. The third-order valence-corrected chi connectivity index (χ3v) is 7.63. The van der Waals surface area contributed by atoms with E-state index in [1.807, 2.05) is 20.2 Å². The molecular weight excluding hydrogens is 516 g/mol. The van der Waals surface area contributed by atoms with Crippen molar-refractivity contribution in [3.05, 3.63) is 40.7 Å². The molecule has 0 unspecified atom stereocenters. The van der Waals surface area contributed by atoms with Crippen LogP contribution in [0.3, 0.4) is 0 Å². The molecule has 0 atom stereocenters. The summed E-state index contributed by atoms with van der Waals surface area (Å²) in [6.07, 6.45) is 3.92. The van der Waals surface area contributed by atoms with Crippen molar-refractivity contribution in [3.63, 3.8) is 0 Å². The van der Waals surface area contributed by atoms with Gasteiger partial charge in [-0.25, -0.2) is 4.98 Å². The number of ether oxygens (including phenoxy) is 2. The summed E-state index contributed by atoms with van der Waals surface area (Å²) < 4.78 is 11.2. The smallest absolute Gasteiger partial charge is 0.295 e. The molecule has 1 aliphatic carbocycles. The first-order valence-corrected chi connectivity index (χ1v) is 13.0. The second-order valence-corrected chi connectivity index (χ2v) is 10.7. The van der Waals surface area contributed by atoms with Crippen LogP contribution in [0.4, 0.5) is 10.8 Å². The molecule has 2 aliphatic rings. The molecule has 1 aromatic carbocycles. The van der Waals surface area contributed by atoms with Crippen LogP contribution in [0.15, 0.2) is 24.4 Å². The highest BCUT2D eigenvalue weighted by Crippen LogP contribution is 2.58. The van der Waals surface area contributed by atoms with Crippen molar-refractivity contribution < 1.29 is 19.1 Å². The van der Waals surface area contributed by atoms with Gasteiger partial charge in [-0.15, -0.1) is 5.10 Å². The van der Waals surface area contributed by atoms with E-state index in [4.69, 9.17) is 21.1 Å². The summed E-state index contributed by atoms with van der Waals surface area (Å²) in [6, 6.07) is 5.31. The van der Waals surface area contributed by atoms with Crippen molar-refractivity contribution in [2.24, 2.45) is 0 Å². The molecule has 3 aromatic rings. The molecular formula is C25H27ClN6O4S. The summed E-state index contributed by atoms with van der Waals surface area (Å²) in [5, 5.41) is 11.9. The van der Waals surface area contributed by atoms with Crippen molar-refractivity contribution in [1.29, 1.82) is 0 Å². The number of amides is 2. The Bertz CT molecular complexity index is 1370. The number of nitrogens with zero attached hydrogens (tertiary/aromatic N) is 5. The molecule has 194 valence electrons. The van der Waals surface area contributed by atoms with Gasteiger partial charge in [-0.1, -0.05) is 16.7 Å². The lowest BCUT2D eigenvalue weighted by Crippen LogP contribution is -2.28. The topological polar surface area (TPSA) is 110 Å². The van der Waals surface area contributed by atoms with Gasteiger partial charge in [0.25, 0.3) is 11.1 Å². The zero-order valence-electron chi connectivity index (χ0n) is 21.0. The maximum atomic E-state index is 13.6. The van der Waals surface area contributed by atoms with Gasteiger partial charge in [0.1, 0.15) is 10.9 Å². The molecule has 0 bridgehead atoms. The van der Waals surface area contributed by atoms with Crippen LogP contribution in [0, 0.1) is 0 Å². The summed E-state index contributed by atoms with van der Waals surface area (Å²) in [6.45, 7) is 1.39. The number of aromatic nitrogens is 3. The van der Waals surface area contributed by atoms with Crippen molar-refractivity contribution in [2.45, 2.75) is 24.7 Å². The highest BCUT2D eigenvalue weighted by atomic mass is 35.5. The lowest BCUT2D eigenvalue weighted by molar-refractivity contribution is -0.119. The number of pyridine rings is 1. The van der Waals surface area contributed by atoms with Gasteiger partial charge in [0.15, 0.2) is 0 Å². The van der Waals surface area contributed by atoms with Crippen molar-refractivity contribution in [3.8, 4) is 22.1 Å². The first kappa shape index (κ1) is 25.4. The third-order valence-electron chi connectivity index (χ3n) is 6.67. The number of anilines is 2. The monoisotopic (exact) mass is 542 g/mol. The van der Waals surface area contributed by atoms with Gasteiger partial charge in [0, 0.05) is 30.4 Å². The van der Waals surface area contributed by atoms with E-state index in [-0.39, 0.29) is 11.1 Å². The van der Waals surface area contributed by atoms with E-state index < -0.39 is 11.3 Å². The Morgan fingerprint density at radius 2 is 2.03 bits per heavy atom. The summed E-state index contributed by atoms with van der Waals surface area (Å²) in [5.41, 5.74) is 2.66. The van der Waals surface area contributed by atoms with Crippen LogP contribution in [-0.2, 0) is 10.2 Å². The number of hydrogen-bond acceptors (Lipinski definition) is 9. The Labute approximate surface area is 223 Å². The van der Waals surface area contributed by atoms with E-state index in [1.54, 1.807) is 24.1 Å². The number of carbonyl (C=O) groups is 2. The van der Waals surface area contributed by atoms with Gasteiger partial charge in [-0.2, -0.15) is 0 Å². The number of nitrogens with one attached hydrogen (secondary N) is 1. The van der Waals surface area contributed by atoms with E-state index in [0.29, 0.717) is 39.4 Å². The number of fused-ring (bicyclic) bond motifs is 2. The minimum atomic E-state index is -0.518. The lowest BCUT2D eigenvalue weighted by Gasteiger charge is -2.17. The number of halogens is 1. The summed E-state index contributed by atoms with van der Waals surface area (Å²) in [4.78, 5) is 34.4. The highest BCUT2D eigenvalue weighted by Gasteiger charge is 2.58. The van der Waals surface area contributed by atoms with Gasteiger partial charge >= 0.3 is 0 Å². The average Bonchev–Trinajstić information content (AvgIpc) is 3.53. The van der Waals surface area contributed by atoms with Crippen LogP contribution in [-0.4, -0.2) is 73.3 Å². The lowest BCUT2D eigenvalue weighted by atomic mass is 9.90. The molecule has 3 heterocycles. The highest BCUT2D eigenvalue weighted by molar-refractivity contribution is 7.17. The Morgan fingerprint density at radius 1 is 1.24 bits per heavy atom. The second-order valence-electron chi connectivity index (χ2n) is 9.40. The maximum absolute atomic E-state index is 13.6. The molecule has 1 aliphatic heterocycles. The second kappa shape index (κ2) is 9.88. The first-order chi connectivity index (χ1) is 17.7. The largest absolute Gasteiger partial charge is 0.494 e. The minimum Gasteiger partial charge on any atom is -0.494 e. The summed E-state index contributed by atoms with van der Waals surface area (Å²) in [5.74, 6) is 0.108. The van der Waals surface area contributed by atoms with Crippen molar-refractivity contribution in [1.82, 2.24) is 20.1 Å². The first-order valence-electron chi connectivity index (χ1n) is 11.8. The molecule has 10 nitrogen and oxygen atoms in total. The van der Waals surface area contributed by atoms with Crippen LogP contribution in [0.2, 0.25) is 5.15 Å². The van der Waals surface area contributed by atoms with E-state index in [9.17, 15) is 9.59 Å². The Balaban J connectivity index is 1.48. The number of hydrogen-bond donors (Lipinski definition) is 1. The van der Waals surface area contributed by atoms with Crippen LogP contribution < -0.4 is 19.7 Å². The maximum Gasteiger partial charge on any atom is 0.295 e. The van der Waals surface area contributed by atoms with Gasteiger partial charge in [0.2, 0.25) is 11.0 Å². The SMILES string of the molecule is COc1cnc(Cl)cc1-c1cc2c(cc1C(=O)Nc1nnc(OCCCN(C)C)s1)N(C)C(=O)C21CC1. The van der Waals surface area contributed by atoms with E-state index in [2.05, 4.69) is 25.4 Å². The molecule has 0 radical (unpaired) electrons. The summed E-state index contributed by atoms with van der Waals surface area (Å²) in [7, 11) is 7.27. The van der Waals surface area contributed by atoms with Crippen LogP contribution in [0.5, 0.6) is 10.9 Å². The number of rotatable bonds is 9. The van der Waals surface area contributed by atoms with E-state index in [0.717, 1.165) is 48.4 Å². The van der Waals surface area contributed by atoms with E-state index in [1.165, 1.54) is 13.3 Å². The summed E-state index contributed by atoms with van der Waals surface area (Å²) >= 11 is 7.38. The van der Waals surface area contributed by atoms with Crippen LogP contribution in [0.25, 0.3) is 11.1 Å². The molecule has 1 saturated carbocycles. The molecule has 1 N–H and O–H groups in total. The molecule has 12 heteroatoms. The molecule has 5 rings (SSSR count). The Kier molecular flexibility index (Phi) is 6.78. The zero-order valence-corrected chi connectivity index (χ0v) is 22.6. The fourth-order valence-corrected chi connectivity index (χ4v) is 5.40. The zero-order chi connectivity index (χ0) is 26.3. The number of likely N-dealkylation sites (N-methyl/N-ethyl adjacent to an activating group) is 1. The Morgan fingerprint density at radius 3 is 2.73 bits per heavy atom. The van der Waals surface area contributed by atoms with Crippen LogP contribution in [0.1, 0.15) is 35.2 Å². The minimum absolute atomic E-state index is 0.0471. The molecule has 37 heavy (non-hydrogen) atoms. The predicted octanol–water partition coefficient (Wildman–Crippen LogP) is 3.85. The number of methoxy groups -OCH3 is 1. The Hall–Kier alpha value is -3.28. The van der Waals surface area contributed by atoms with E-state index >= 15 is 0 Å². The average molecular weight is 543 g/mol. The third kappa shape index (κ3) is 4.74. The normalized spacial score (nSPS) is 15.3. The standard InChI is InChI=1S/C25H27ClN6O4S/c1-31(2)8-5-9-36-24-30-29-23(37-24)28-21(33)16-11-18-17(25(6-7-25)22(34)32(18)3)10-14(16)15-12-20(26)27-13-19(15)35-4/h10-13H,5-9H2,1-4H3,(H,28,29,33). The molecule has 2 aromatic heterocycles. The fourth-order valence-electron chi connectivity index (χ4n) is 4.63. The van der Waals surface area contributed by atoms with Crippen LogP contribution >= 0.6 is 22.9 Å².